The second-order valence-electron chi connectivity index (χ2n) is 4.27. The van der Waals surface area contributed by atoms with Gasteiger partial charge in [-0.2, -0.15) is 4.68 Å². The molecule has 0 bridgehead atoms. The van der Waals surface area contributed by atoms with Gasteiger partial charge in [0.05, 0.1) is 5.69 Å². The van der Waals surface area contributed by atoms with Crippen molar-refractivity contribution in [1.29, 1.82) is 0 Å². The molecular formula is C10H14N6S. The molecule has 0 aromatic carbocycles. The van der Waals surface area contributed by atoms with Gasteiger partial charge in [-0.1, -0.05) is 23.0 Å². The third-order valence-electron chi connectivity index (χ3n) is 3.16. The number of nitrogens with zero attached hydrogens (tertiary/aromatic N) is 5. The fraction of sp³-hybridized carbons (Fsp3) is 0.600. The first kappa shape index (κ1) is 10.8. The summed E-state index contributed by atoms with van der Waals surface area (Å²) in [4.78, 5) is 0. The van der Waals surface area contributed by atoms with Crippen molar-refractivity contribution in [3.63, 3.8) is 0 Å². The molecular weight excluding hydrogens is 236 g/mol. The highest BCUT2D eigenvalue weighted by Gasteiger charge is 2.28. The first-order valence-electron chi connectivity index (χ1n) is 5.74. The number of nitrogens with two attached hydrogens (primary N) is 1. The predicted molar refractivity (Wildman–Crippen MR) is 64.0 cm³/mol. The van der Waals surface area contributed by atoms with Crippen LogP contribution in [-0.2, 0) is 6.54 Å². The molecule has 1 fully saturated rings. The Bertz CT molecular complexity index is 527. The third-order valence-corrected chi connectivity index (χ3v) is 3.97. The van der Waals surface area contributed by atoms with E-state index < -0.39 is 0 Å². The lowest BCUT2D eigenvalue weighted by atomic mass is 9.82. The van der Waals surface area contributed by atoms with E-state index in [2.05, 4.69) is 20.5 Å². The standard InChI is InChI=1S/C10H14N6S/c1-6-12-14-10(17-6)16-9(7-3-2-4-7)8(5-11)13-15-16/h7H,2-5,11H2,1H3. The number of aryl methyl sites for hydroxylation is 1. The summed E-state index contributed by atoms with van der Waals surface area (Å²) in [5.41, 5.74) is 7.74. The van der Waals surface area contributed by atoms with Gasteiger partial charge in [-0.25, -0.2) is 0 Å². The van der Waals surface area contributed by atoms with Crippen molar-refractivity contribution in [1.82, 2.24) is 25.2 Å². The van der Waals surface area contributed by atoms with Crippen LogP contribution in [0.15, 0.2) is 0 Å². The van der Waals surface area contributed by atoms with Crippen LogP contribution in [0.2, 0.25) is 0 Å². The van der Waals surface area contributed by atoms with Crippen LogP contribution in [0.3, 0.4) is 0 Å². The monoisotopic (exact) mass is 250 g/mol. The molecule has 1 aliphatic carbocycles. The molecule has 3 rings (SSSR count). The van der Waals surface area contributed by atoms with E-state index in [1.165, 1.54) is 30.6 Å². The normalized spacial score (nSPS) is 16.1. The molecule has 0 saturated heterocycles. The summed E-state index contributed by atoms with van der Waals surface area (Å²) in [5.74, 6) is 0.535. The average Bonchev–Trinajstić information content (AvgIpc) is 2.82. The van der Waals surface area contributed by atoms with Crippen LogP contribution in [0.4, 0.5) is 0 Å². The molecule has 2 heterocycles. The zero-order valence-corrected chi connectivity index (χ0v) is 10.4. The Labute approximate surface area is 103 Å². The summed E-state index contributed by atoms with van der Waals surface area (Å²) in [7, 11) is 0. The summed E-state index contributed by atoms with van der Waals surface area (Å²) >= 11 is 1.53. The van der Waals surface area contributed by atoms with Gasteiger partial charge in [0.25, 0.3) is 0 Å². The minimum absolute atomic E-state index is 0.434. The van der Waals surface area contributed by atoms with E-state index in [-0.39, 0.29) is 0 Å². The lowest BCUT2D eigenvalue weighted by Gasteiger charge is -2.25. The largest absolute Gasteiger partial charge is 0.325 e. The lowest BCUT2D eigenvalue weighted by Crippen LogP contribution is -2.17. The van der Waals surface area contributed by atoms with Crippen molar-refractivity contribution in [2.75, 3.05) is 0 Å². The second kappa shape index (κ2) is 4.15. The molecule has 17 heavy (non-hydrogen) atoms. The van der Waals surface area contributed by atoms with Crippen LogP contribution in [0.25, 0.3) is 5.13 Å². The van der Waals surface area contributed by atoms with Crippen molar-refractivity contribution in [3.8, 4) is 5.13 Å². The van der Waals surface area contributed by atoms with E-state index in [1.807, 2.05) is 11.6 Å². The number of rotatable bonds is 3. The molecule has 6 nitrogen and oxygen atoms in total. The molecule has 2 N–H and O–H groups in total. The zero-order chi connectivity index (χ0) is 11.8. The quantitative estimate of drug-likeness (QED) is 0.883. The SMILES string of the molecule is Cc1nnc(-n2nnc(CN)c2C2CCC2)s1. The first-order valence-corrected chi connectivity index (χ1v) is 6.56. The third kappa shape index (κ3) is 1.75. The van der Waals surface area contributed by atoms with Crippen molar-refractivity contribution in [3.05, 3.63) is 16.4 Å². The van der Waals surface area contributed by atoms with Crippen LogP contribution >= 0.6 is 11.3 Å². The Morgan fingerprint density at radius 1 is 1.35 bits per heavy atom. The fourth-order valence-electron chi connectivity index (χ4n) is 2.07. The Hall–Kier alpha value is -1.34. The van der Waals surface area contributed by atoms with Crippen molar-refractivity contribution in [2.45, 2.75) is 38.6 Å². The predicted octanol–water partition coefficient (Wildman–Crippen LogP) is 1.15. The first-order chi connectivity index (χ1) is 8.29. The average molecular weight is 250 g/mol. The smallest absolute Gasteiger partial charge is 0.234 e. The topological polar surface area (TPSA) is 82.5 Å². The summed E-state index contributed by atoms with van der Waals surface area (Å²) in [6, 6.07) is 0. The van der Waals surface area contributed by atoms with Crippen molar-refractivity contribution < 1.29 is 0 Å². The van der Waals surface area contributed by atoms with Crippen LogP contribution in [-0.4, -0.2) is 25.2 Å². The van der Waals surface area contributed by atoms with Gasteiger partial charge in [0.1, 0.15) is 10.7 Å². The number of hydrogen-bond acceptors (Lipinski definition) is 6. The highest BCUT2D eigenvalue weighted by molar-refractivity contribution is 7.13. The maximum Gasteiger partial charge on any atom is 0.234 e. The highest BCUT2D eigenvalue weighted by atomic mass is 32.1. The Kier molecular flexibility index (Phi) is 2.64. The van der Waals surface area contributed by atoms with Crippen LogP contribution in [0.5, 0.6) is 0 Å². The van der Waals surface area contributed by atoms with Gasteiger partial charge in [0, 0.05) is 12.5 Å². The van der Waals surface area contributed by atoms with Crippen molar-refractivity contribution in [2.24, 2.45) is 5.73 Å². The molecule has 1 saturated carbocycles. The van der Waals surface area contributed by atoms with Gasteiger partial charge >= 0.3 is 0 Å². The molecule has 1 aliphatic rings. The van der Waals surface area contributed by atoms with Gasteiger partial charge in [-0.15, -0.1) is 15.3 Å². The van der Waals surface area contributed by atoms with Crippen LogP contribution < -0.4 is 5.73 Å². The van der Waals surface area contributed by atoms with Crippen LogP contribution in [0.1, 0.15) is 41.6 Å². The Balaban J connectivity index is 2.06. The van der Waals surface area contributed by atoms with E-state index >= 15 is 0 Å². The van der Waals surface area contributed by atoms with E-state index in [4.69, 9.17) is 5.73 Å². The van der Waals surface area contributed by atoms with E-state index in [0.29, 0.717) is 12.5 Å². The molecule has 90 valence electrons. The van der Waals surface area contributed by atoms with Gasteiger partial charge in [-0.05, 0) is 19.8 Å². The maximum atomic E-state index is 5.72. The molecule has 0 atom stereocenters. The van der Waals surface area contributed by atoms with E-state index in [9.17, 15) is 0 Å². The second-order valence-corrected chi connectivity index (χ2v) is 5.43. The van der Waals surface area contributed by atoms with Gasteiger partial charge in [0.15, 0.2) is 0 Å². The van der Waals surface area contributed by atoms with Crippen LogP contribution in [0, 0.1) is 6.92 Å². The van der Waals surface area contributed by atoms with Gasteiger partial charge < -0.3 is 5.73 Å². The van der Waals surface area contributed by atoms with E-state index in [1.54, 1.807) is 0 Å². The number of hydrogen-bond donors (Lipinski definition) is 1. The summed E-state index contributed by atoms with van der Waals surface area (Å²) in [6.45, 7) is 2.37. The Morgan fingerprint density at radius 2 is 2.18 bits per heavy atom. The zero-order valence-electron chi connectivity index (χ0n) is 9.63. The molecule has 7 heteroatoms. The summed E-state index contributed by atoms with van der Waals surface area (Å²) in [5, 5.41) is 18.2. The maximum absolute atomic E-state index is 5.72. The molecule has 2 aromatic rings. The summed E-state index contributed by atoms with van der Waals surface area (Å²) < 4.78 is 1.82. The van der Waals surface area contributed by atoms with Gasteiger partial charge in [0.2, 0.25) is 5.13 Å². The summed E-state index contributed by atoms with van der Waals surface area (Å²) in [6.07, 6.45) is 3.66. The van der Waals surface area contributed by atoms with Crippen molar-refractivity contribution >= 4 is 11.3 Å². The molecule has 0 radical (unpaired) electrons. The number of aromatic nitrogens is 5. The minimum Gasteiger partial charge on any atom is -0.325 e. The molecule has 2 aromatic heterocycles. The molecule has 0 aliphatic heterocycles. The highest BCUT2D eigenvalue weighted by Crippen LogP contribution is 2.38. The minimum atomic E-state index is 0.434. The Morgan fingerprint density at radius 3 is 2.71 bits per heavy atom. The lowest BCUT2D eigenvalue weighted by molar-refractivity contribution is 0.400. The molecule has 0 amide bonds. The molecule has 0 unspecified atom stereocenters. The van der Waals surface area contributed by atoms with E-state index in [0.717, 1.165) is 21.5 Å². The fourth-order valence-corrected chi connectivity index (χ4v) is 2.72. The molecule has 0 spiro atoms. The van der Waals surface area contributed by atoms with Gasteiger partial charge in [-0.3, -0.25) is 0 Å².